The summed E-state index contributed by atoms with van der Waals surface area (Å²) >= 11 is 0. The molecule has 2 aromatic rings. The lowest BCUT2D eigenvalue weighted by Gasteiger charge is -2.27. The van der Waals surface area contributed by atoms with Crippen LogP contribution >= 0.6 is 0 Å². The van der Waals surface area contributed by atoms with Crippen molar-refractivity contribution >= 4 is 21.4 Å². The van der Waals surface area contributed by atoms with Crippen molar-refractivity contribution in [1.82, 2.24) is 0 Å². The van der Waals surface area contributed by atoms with Crippen molar-refractivity contribution in [2.75, 3.05) is 12.4 Å². The van der Waals surface area contributed by atoms with Crippen molar-refractivity contribution in [2.45, 2.75) is 35.3 Å². The Morgan fingerprint density at radius 2 is 1.72 bits per heavy atom. The van der Waals surface area contributed by atoms with Crippen LogP contribution in [0.4, 0.5) is 5.69 Å². The van der Waals surface area contributed by atoms with E-state index in [1.807, 2.05) is 0 Å². The zero-order chi connectivity index (χ0) is 17.9. The SMILES string of the molecule is COc1cccc(NC(=O)C2(S(=O)(=O)c3ccccc3)CCCC2)c1. The first-order valence-corrected chi connectivity index (χ1v) is 9.73. The van der Waals surface area contributed by atoms with Gasteiger partial charge in [0.2, 0.25) is 5.91 Å². The van der Waals surface area contributed by atoms with Crippen molar-refractivity contribution in [3.8, 4) is 5.75 Å². The number of sulfone groups is 1. The molecule has 0 saturated heterocycles. The molecule has 3 rings (SSSR count). The predicted octanol–water partition coefficient (Wildman–Crippen LogP) is 3.42. The molecule has 1 aliphatic rings. The first-order valence-electron chi connectivity index (χ1n) is 8.25. The van der Waals surface area contributed by atoms with Gasteiger partial charge in [-0.25, -0.2) is 8.42 Å². The lowest BCUT2D eigenvalue weighted by atomic mass is 10.1. The molecule has 0 bridgehead atoms. The van der Waals surface area contributed by atoms with Crippen LogP contribution in [0, 0.1) is 0 Å². The largest absolute Gasteiger partial charge is 0.497 e. The minimum atomic E-state index is -3.78. The molecule has 1 N–H and O–H groups in total. The van der Waals surface area contributed by atoms with Crippen LogP contribution in [0.2, 0.25) is 0 Å². The number of hydrogen-bond acceptors (Lipinski definition) is 4. The summed E-state index contributed by atoms with van der Waals surface area (Å²) in [6.07, 6.45) is 2.11. The maximum absolute atomic E-state index is 13.2. The number of hydrogen-bond donors (Lipinski definition) is 1. The molecule has 0 unspecified atom stereocenters. The smallest absolute Gasteiger partial charge is 0.246 e. The average Bonchev–Trinajstić information content (AvgIpc) is 3.14. The average molecular weight is 359 g/mol. The molecule has 0 heterocycles. The van der Waals surface area contributed by atoms with Crippen LogP contribution < -0.4 is 10.1 Å². The first-order chi connectivity index (χ1) is 12.0. The van der Waals surface area contributed by atoms with Crippen LogP contribution in [-0.4, -0.2) is 26.2 Å². The summed E-state index contributed by atoms with van der Waals surface area (Å²) in [7, 11) is -2.24. The van der Waals surface area contributed by atoms with Gasteiger partial charge >= 0.3 is 0 Å². The normalized spacial score (nSPS) is 16.4. The summed E-state index contributed by atoms with van der Waals surface area (Å²) < 4.78 is 30.2. The first kappa shape index (κ1) is 17.5. The highest BCUT2D eigenvalue weighted by atomic mass is 32.2. The quantitative estimate of drug-likeness (QED) is 0.888. The summed E-state index contributed by atoms with van der Waals surface area (Å²) in [4.78, 5) is 13.2. The number of anilines is 1. The second-order valence-electron chi connectivity index (χ2n) is 6.20. The summed E-state index contributed by atoms with van der Waals surface area (Å²) in [6.45, 7) is 0. The van der Waals surface area contributed by atoms with Crippen LogP contribution in [0.3, 0.4) is 0 Å². The Balaban J connectivity index is 1.96. The molecule has 0 aliphatic heterocycles. The van der Waals surface area contributed by atoms with Crippen molar-refractivity contribution in [3.05, 3.63) is 54.6 Å². The number of rotatable bonds is 5. The van der Waals surface area contributed by atoms with Crippen LogP contribution in [0.5, 0.6) is 5.75 Å². The molecular formula is C19H21NO4S. The number of methoxy groups -OCH3 is 1. The Morgan fingerprint density at radius 3 is 2.36 bits per heavy atom. The van der Waals surface area contributed by atoms with E-state index >= 15 is 0 Å². The Kier molecular flexibility index (Phi) is 4.81. The zero-order valence-corrected chi connectivity index (χ0v) is 14.9. The standard InChI is InChI=1S/C19H21NO4S/c1-24-16-9-7-8-15(14-16)20-18(21)19(12-5-6-13-19)25(22,23)17-10-3-2-4-11-17/h2-4,7-11,14H,5-6,12-13H2,1H3,(H,20,21). The van der Waals surface area contributed by atoms with E-state index in [9.17, 15) is 13.2 Å². The fourth-order valence-corrected chi connectivity index (χ4v) is 5.42. The molecule has 1 amide bonds. The molecule has 0 aromatic heterocycles. The fourth-order valence-electron chi connectivity index (χ4n) is 3.34. The maximum Gasteiger partial charge on any atom is 0.246 e. The van der Waals surface area contributed by atoms with Crippen molar-refractivity contribution in [2.24, 2.45) is 0 Å². The molecule has 1 fully saturated rings. The molecule has 0 spiro atoms. The van der Waals surface area contributed by atoms with Gasteiger partial charge in [0.1, 0.15) is 5.75 Å². The summed E-state index contributed by atoms with van der Waals surface area (Å²) in [5.41, 5.74) is 0.527. The van der Waals surface area contributed by atoms with E-state index in [-0.39, 0.29) is 4.90 Å². The fraction of sp³-hybridized carbons (Fsp3) is 0.316. The monoisotopic (exact) mass is 359 g/mol. The lowest BCUT2D eigenvalue weighted by molar-refractivity contribution is -0.118. The van der Waals surface area contributed by atoms with Crippen LogP contribution in [0.25, 0.3) is 0 Å². The number of nitrogens with one attached hydrogen (secondary N) is 1. The van der Waals surface area contributed by atoms with E-state index in [1.165, 1.54) is 0 Å². The highest BCUT2D eigenvalue weighted by Gasteiger charge is 2.52. The van der Waals surface area contributed by atoms with Crippen molar-refractivity contribution in [1.29, 1.82) is 0 Å². The van der Waals surface area contributed by atoms with Gasteiger partial charge in [-0.3, -0.25) is 4.79 Å². The molecule has 0 atom stereocenters. The summed E-state index contributed by atoms with van der Waals surface area (Å²) in [5, 5.41) is 2.78. The molecule has 6 heteroatoms. The molecule has 25 heavy (non-hydrogen) atoms. The molecular weight excluding hydrogens is 338 g/mol. The molecule has 1 aliphatic carbocycles. The number of ether oxygens (including phenoxy) is 1. The minimum absolute atomic E-state index is 0.192. The highest BCUT2D eigenvalue weighted by molar-refractivity contribution is 7.93. The molecule has 0 radical (unpaired) electrons. The van der Waals surface area contributed by atoms with Gasteiger partial charge in [-0.1, -0.05) is 37.1 Å². The lowest BCUT2D eigenvalue weighted by Crippen LogP contribution is -2.47. The van der Waals surface area contributed by atoms with Gasteiger partial charge in [-0.05, 0) is 37.1 Å². The number of benzene rings is 2. The van der Waals surface area contributed by atoms with Crippen LogP contribution in [-0.2, 0) is 14.6 Å². The molecule has 132 valence electrons. The van der Waals surface area contributed by atoms with Gasteiger partial charge in [0.05, 0.1) is 12.0 Å². The van der Waals surface area contributed by atoms with Gasteiger partial charge in [-0.2, -0.15) is 0 Å². The number of carbonyl (C=O) groups is 1. The van der Waals surface area contributed by atoms with E-state index in [0.717, 1.165) is 12.8 Å². The third-order valence-corrected chi connectivity index (χ3v) is 7.24. The molecule has 2 aromatic carbocycles. The van der Waals surface area contributed by atoms with Gasteiger partial charge < -0.3 is 10.1 Å². The second-order valence-corrected chi connectivity index (χ2v) is 8.46. The van der Waals surface area contributed by atoms with Gasteiger partial charge in [-0.15, -0.1) is 0 Å². The Bertz CT molecular complexity index is 856. The molecule has 1 saturated carbocycles. The van der Waals surface area contributed by atoms with Crippen molar-refractivity contribution in [3.63, 3.8) is 0 Å². The second kappa shape index (κ2) is 6.88. The van der Waals surface area contributed by atoms with Gasteiger partial charge in [0.25, 0.3) is 0 Å². The highest BCUT2D eigenvalue weighted by Crippen LogP contribution is 2.41. The minimum Gasteiger partial charge on any atom is -0.497 e. The van der Waals surface area contributed by atoms with E-state index < -0.39 is 20.5 Å². The summed E-state index contributed by atoms with van der Waals surface area (Å²) in [6, 6.07) is 15.1. The zero-order valence-electron chi connectivity index (χ0n) is 14.1. The Hall–Kier alpha value is -2.34. The van der Waals surface area contributed by atoms with Crippen LogP contribution in [0.1, 0.15) is 25.7 Å². The number of amides is 1. The van der Waals surface area contributed by atoms with E-state index in [0.29, 0.717) is 24.3 Å². The van der Waals surface area contributed by atoms with Gasteiger partial charge in [0, 0.05) is 11.8 Å². The van der Waals surface area contributed by atoms with Crippen molar-refractivity contribution < 1.29 is 17.9 Å². The topological polar surface area (TPSA) is 72.5 Å². The maximum atomic E-state index is 13.2. The summed E-state index contributed by atoms with van der Waals surface area (Å²) in [5.74, 6) is 0.131. The van der Waals surface area contributed by atoms with E-state index in [2.05, 4.69) is 5.32 Å². The Labute approximate surface area is 147 Å². The van der Waals surface area contributed by atoms with E-state index in [4.69, 9.17) is 4.74 Å². The van der Waals surface area contributed by atoms with E-state index in [1.54, 1.807) is 61.7 Å². The molecule has 5 nitrogen and oxygen atoms in total. The number of carbonyl (C=O) groups excluding carboxylic acids is 1. The Morgan fingerprint density at radius 1 is 1.04 bits per heavy atom. The predicted molar refractivity (Wildman–Crippen MR) is 96.5 cm³/mol. The van der Waals surface area contributed by atoms with Crippen LogP contribution in [0.15, 0.2) is 59.5 Å². The third-order valence-electron chi connectivity index (χ3n) is 4.72. The third kappa shape index (κ3) is 3.14. The van der Waals surface area contributed by atoms with Gasteiger partial charge in [0.15, 0.2) is 14.6 Å².